The Morgan fingerprint density at radius 1 is 0.640 bits per heavy atom. The number of unbranched alkanes of at least 4 members (excludes halogenated alkanes) is 11. The number of carbonyl (C=O) groups excluding carboxylic acids is 2. The van der Waals surface area contributed by atoms with Crippen molar-refractivity contribution in [1.82, 2.24) is 5.32 Å². The number of esters is 2. The second-order valence-corrected chi connectivity index (χ2v) is 13.8. The topological polar surface area (TPSA) is 120 Å². The quantitative estimate of drug-likeness (QED) is 0.0285. The van der Waals surface area contributed by atoms with E-state index in [2.05, 4.69) is 73.8 Å². The van der Waals surface area contributed by atoms with Crippen molar-refractivity contribution in [1.29, 1.82) is 0 Å². The maximum atomic E-state index is 12.5. The molecule has 0 amide bonds. The van der Waals surface area contributed by atoms with Crippen LogP contribution in [0.25, 0.3) is 0 Å². The van der Waals surface area contributed by atoms with Crippen molar-refractivity contribution < 1.29 is 37.6 Å². The van der Waals surface area contributed by atoms with Crippen molar-refractivity contribution in [2.24, 2.45) is 0 Å². The zero-order chi connectivity index (χ0) is 36.8. The third-order valence-electron chi connectivity index (χ3n) is 7.65. The van der Waals surface area contributed by atoms with Crippen molar-refractivity contribution in [3.63, 3.8) is 0 Å². The predicted molar refractivity (Wildman–Crippen MR) is 206 cm³/mol. The van der Waals surface area contributed by atoms with Gasteiger partial charge in [-0.25, -0.2) is 4.57 Å². The molecule has 0 saturated heterocycles. The highest BCUT2D eigenvalue weighted by molar-refractivity contribution is 7.47. The number of hydrogen-bond donors (Lipinski definition) is 2. The lowest BCUT2D eigenvalue weighted by Crippen LogP contribution is -2.29. The summed E-state index contributed by atoms with van der Waals surface area (Å²) in [7, 11) is -2.67. The summed E-state index contributed by atoms with van der Waals surface area (Å²) in [6, 6.07) is 0. The lowest BCUT2D eigenvalue weighted by molar-refractivity contribution is -0.161. The molecule has 0 aliphatic carbocycles. The number of hydrogen-bond acceptors (Lipinski definition) is 8. The fourth-order valence-corrected chi connectivity index (χ4v) is 5.51. The molecular formula is C40H70NO8P. The normalized spacial score (nSPS) is 14.1. The Bertz CT molecular complexity index is 1010. The molecule has 0 aliphatic heterocycles. The molecule has 288 valence electrons. The zero-order valence-corrected chi connectivity index (χ0v) is 32.5. The van der Waals surface area contributed by atoms with E-state index in [1.807, 2.05) is 6.08 Å². The summed E-state index contributed by atoms with van der Waals surface area (Å²) in [5.74, 6) is -0.881. The van der Waals surface area contributed by atoms with Crippen LogP contribution in [0.15, 0.2) is 60.8 Å². The molecule has 0 aliphatic rings. The van der Waals surface area contributed by atoms with E-state index < -0.39 is 32.5 Å². The third-order valence-corrected chi connectivity index (χ3v) is 8.64. The number of carbonyl (C=O) groups is 2. The fraction of sp³-hybridized carbons (Fsp3) is 0.700. The van der Waals surface area contributed by atoms with Crippen LogP contribution in [0.2, 0.25) is 0 Å². The second kappa shape index (κ2) is 36.5. The van der Waals surface area contributed by atoms with E-state index in [0.717, 1.165) is 51.4 Å². The number of likely N-dealkylation sites (N-methyl/N-ethyl adjacent to an activating group) is 1. The van der Waals surface area contributed by atoms with Crippen LogP contribution < -0.4 is 5.32 Å². The lowest BCUT2D eigenvalue weighted by atomic mass is 10.1. The van der Waals surface area contributed by atoms with Crippen LogP contribution in [-0.4, -0.2) is 56.3 Å². The van der Waals surface area contributed by atoms with Crippen LogP contribution in [0.5, 0.6) is 0 Å². The first-order chi connectivity index (χ1) is 24.3. The first kappa shape index (κ1) is 47.7. The lowest BCUT2D eigenvalue weighted by Gasteiger charge is -2.20. The van der Waals surface area contributed by atoms with Gasteiger partial charge in [-0.15, -0.1) is 0 Å². The minimum atomic E-state index is -4.36. The van der Waals surface area contributed by atoms with Gasteiger partial charge < -0.3 is 19.7 Å². The fourth-order valence-electron chi connectivity index (χ4n) is 4.76. The van der Waals surface area contributed by atoms with Gasteiger partial charge in [0.2, 0.25) is 0 Å². The molecule has 2 atom stereocenters. The maximum Gasteiger partial charge on any atom is 0.472 e. The first-order valence-electron chi connectivity index (χ1n) is 19.2. The van der Waals surface area contributed by atoms with Crippen molar-refractivity contribution in [2.45, 2.75) is 148 Å². The predicted octanol–water partition coefficient (Wildman–Crippen LogP) is 10.4. The van der Waals surface area contributed by atoms with E-state index in [1.165, 1.54) is 51.4 Å². The molecule has 2 N–H and O–H groups in total. The Morgan fingerprint density at radius 2 is 1.14 bits per heavy atom. The number of phosphoric ester groups is 1. The molecule has 0 fully saturated rings. The van der Waals surface area contributed by atoms with Crippen LogP contribution >= 0.6 is 7.82 Å². The third kappa shape index (κ3) is 35.5. The molecule has 0 aromatic carbocycles. The summed E-state index contributed by atoms with van der Waals surface area (Å²) in [6.07, 6.45) is 39.9. The molecule has 0 saturated carbocycles. The molecule has 2 unspecified atom stereocenters. The summed E-state index contributed by atoms with van der Waals surface area (Å²) in [5, 5.41) is 2.81. The SMILES string of the molecule is CC/C=C\C/C=C\C/C=C\C/C=C\C/C=C\CCCC(=O)OC(COC(=O)CCCCCCCCCCCCC)COP(=O)(O)OCCNC. The molecule has 9 nitrogen and oxygen atoms in total. The summed E-state index contributed by atoms with van der Waals surface area (Å²) in [4.78, 5) is 34.8. The minimum absolute atomic E-state index is 0.0293. The molecular weight excluding hydrogens is 653 g/mol. The highest BCUT2D eigenvalue weighted by atomic mass is 31.2. The summed E-state index contributed by atoms with van der Waals surface area (Å²) in [5.41, 5.74) is 0. The van der Waals surface area contributed by atoms with Gasteiger partial charge in [0.05, 0.1) is 13.2 Å². The first-order valence-corrected chi connectivity index (χ1v) is 20.7. The number of nitrogens with one attached hydrogen (secondary N) is 1. The zero-order valence-electron chi connectivity index (χ0n) is 31.6. The van der Waals surface area contributed by atoms with Gasteiger partial charge in [-0.2, -0.15) is 0 Å². The van der Waals surface area contributed by atoms with Gasteiger partial charge in [0.1, 0.15) is 6.61 Å². The van der Waals surface area contributed by atoms with Crippen LogP contribution in [0.1, 0.15) is 142 Å². The monoisotopic (exact) mass is 723 g/mol. The van der Waals surface area contributed by atoms with Crippen LogP contribution in [0.4, 0.5) is 0 Å². The van der Waals surface area contributed by atoms with Gasteiger partial charge in [-0.1, -0.05) is 139 Å². The van der Waals surface area contributed by atoms with Gasteiger partial charge in [0.25, 0.3) is 0 Å². The maximum absolute atomic E-state index is 12.5. The number of rotatable bonds is 35. The van der Waals surface area contributed by atoms with E-state index in [1.54, 1.807) is 7.05 Å². The van der Waals surface area contributed by atoms with E-state index in [-0.39, 0.29) is 26.1 Å². The largest absolute Gasteiger partial charge is 0.472 e. The molecule has 0 aromatic heterocycles. The summed E-state index contributed by atoms with van der Waals surface area (Å²) >= 11 is 0. The average molecular weight is 724 g/mol. The van der Waals surface area contributed by atoms with E-state index >= 15 is 0 Å². The molecule has 0 bridgehead atoms. The Balaban J connectivity index is 4.41. The van der Waals surface area contributed by atoms with Gasteiger partial charge in [0, 0.05) is 19.4 Å². The van der Waals surface area contributed by atoms with Crippen LogP contribution in [0, 0.1) is 0 Å². The van der Waals surface area contributed by atoms with E-state index in [4.69, 9.17) is 18.5 Å². The Hall–Kier alpha value is -2.29. The minimum Gasteiger partial charge on any atom is -0.462 e. The highest BCUT2D eigenvalue weighted by Crippen LogP contribution is 2.43. The highest BCUT2D eigenvalue weighted by Gasteiger charge is 2.26. The van der Waals surface area contributed by atoms with Crippen molar-refractivity contribution >= 4 is 19.8 Å². The molecule has 0 aromatic rings. The molecule has 0 spiro atoms. The van der Waals surface area contributed by atoms with Gasteiger partial charge in [0.15, 0.2) is 6.10 Å². The van der Waals surface area contributed by atoms with Gasteiger partial charge in [-0.05, 0) is 58.4 Å². The smallest absolute Gasteiger partial charge is 0.462 e. The Labute approximate surface area is 304 Å². The molecule has 50 heavy (non-hydrogen) atoms. The number of phosphoric acid groups is 1. The van der Waals surface area contributed by atoms with Crippen molar-refractivity contribution in [3.8, 4) is 0 Å². The second-order valence-electron chi connectivity index (χ2n) is 12.4. The molecule has 0 heterocycles. The van der Waals surface area contributed by atoms with Gasteiger partial charge in [-0.3, -0.25) is 18.6 Å². The van der Waals surface area contributed by atoms with E-state index in [9.17, 15) is 19.0 Å². The summed E-state index contributed by atoms with van der Waals surface area (Å²) < 4.78 is 33.0. The van der Waals surface area contributed by atoms with Crippen LogP contribution in [-0.2, 0) is 32.7 Å². The standard InChI is InChI=1S/C40H70NO8P/c1-4-6-8-10-12-14-16-17-18-19-20-21-23-25-27-29-31-33-40(43)49-38(37-48-50(44,45)47-35-34-41-3)36-46-39(42)32-30-28-26-24-22-15-13-11-9-7-5-2/h6,8,12,14,17-18,20-21,25,27,38,41H,4-5,7,9-11,13,15-16,19,22-24,26,28-37H2,1-3H3,(H,44,45)/b8-6-,14-12-,18-17-,21-20-,27-25-. The van der Waals surface area contributed by atoms with E-state index in [0.29, 0.717) is 19.4 Å². The Morgan fingerprint density at radius 3 is 1.68 bits per heavy atom. The number of allylic oxidation sites excluding steroid dienone is 10. The molecule has 0 rings (SSSR count). The van der Waals surface area contributed by atoms with Crippen molar-refractivity contribution in [3.05, 3.63) is 60.8 Å². The number of ether oxygens (including phenoxy) is 2. The Kier molecular flexibility index (Phi) is 34.8. The van der Waals surface area contributed by atoms with Crippen LogP contribution in [0.3, 0.4) is 0 Å². The van der Waals surface area contributed by atoms with Crippen molar-refractivity contribution in [2.75, 3.05) is 33.4 Å². The molecule has 10 heteroatoms. The molecule has 0 radical (unpaired) electrons. The van der Waals surface area contributed by atoms with Gasteiger partial charge >= 0.3 is 19.8 Å². The summed E-state index contributed by atoms with van der Waals surface area (Å²) in [6.45, 7) is 4.01. The average Bonchev–Trinajstić information content (AvgIpc) is 3.09.